The Morgan fingerprint density at radius 1 is 1.26 bits per heavy atom. The van der Waals surface area contributed by atoms with E-state index in [1.807, 2.05) is 29.2 Å². The highest BCUT2D eigenvalue weighted by molar-refractivity contribution is 7.84. The number of carbonyl (C=O) groups excluding carboxylic acids is 1. The van der Waals surface area contributed by atoms with Crippen LogP contribution in [0, 0.1) is 0 Å². The first-order valence-electron chi connectivity index (χ1n) is 8.18. The van der Waals surface area contributed by atoms with Crippen LogP contribution in [0.15, 0.2) is 24.3 Å². The predicted octanol–water partition coefficient (Wildman–Crippen LogP) is 2.99. The summed E-state index contributed by atoms with van der Waals surface area (Å²) < 4.78 is 16.9. The number of rotatable bonds is 6. The second-order valence-corrected chi connectivity index (χ2v) is 7.39. The molecule has 2 amide bonds. The molecule has 0 unspecified atom stereocenters. The maximum absolute atomic E-state index is 12.3. The number of urea groups is 1. The van der Waals surface area contributed by atoms with Gasteiger partial charge in [0.1, 0.15) is 0 Å². The van der Waals surface area contributed by atoms with E-state index in [4.69, 9.17) is 4.74 Å². The second-order valence-electron chi connectivity index (χ2n) is 5.81. The Hall–Kier alpha value is -1.40. The van der Waals surface area contributed by atoms with Gasteiger partial charge in [-0.2, -0.15) is 0 Å². The lowest BCUT2D eigenvalue weighted by Crippen LogP contribution is -2.35. The molecular weight excluding hydrogens is 312 g/mol. The Labute approximate surface area is 140 Å². The van der Waals surface area contributed by atoms with Crippen molar-refractivity contribution >= 4 is 22.5 Å². The summed E-state index contributed by atoms with van der Waals surface area (Å²) in [5, 5.41) is 2.96. The van der Waals surface area contributed by atoms with Crippen molar-refractivity contribution < 1.29 is 13.7 Å². The highest BCUT2D eigenvalue weighted by atomic mass is 32.2. The highest BCUT2D eigenvalue weighted by Gasteiger charge is 2.15. The maximum atomic E-state index is 12.3. The number of nitrogens with zero attached hydrogens (tertiary/aromatic N) is 1. The third-order valence-corrected chi connectivity index (χ3v) is 5.19. The first-order chi connectivity index (χ1) is 11.2. The Bertz CT molecular complexity index is 528. The second kappa shape index (κ2) is 9.67. The van der Waals surface area contributed by atoms with Crippen molar-refractivity contribution in [2.45, 2.75) is 31.4 Å². The van der Waals surface area contributed by atoms with Gasteiger partial charge in [0.05, 0.1) is 6.61 Å². The van der Waals surface area contributed by atoms with E-state index in [0.717, 1.165) is 37.2 Å². The van der Waals surface area contributed by atoms with Gasteiger partial charge < -0.3 is 15.0 Å². The van der Waals surface area contributed by atoms with E-state index in [1.54, 1.807) is 7.11 Å². The fourth-order valence-electron chi connectivity index (χ4n) is 2.65. The fourth-order valence-corrected chi connectivity index (χ4v) is 3.70. The zero-order chi connectivity index (χ0) is 16.5. The monoisotopic (exact) mass is 338 g/mol. The van der Waals surface area contributed by atoms with Crippen molar-refractivity contribution in [2.75, 3.05) is 37.9 Å². The molecule has 23 heavy (non-hydrogen) atoms. The Balaban J connectivity index is 1.91. The molecule has 0 aromatic heterocycles. The number of benzene rings is 1. The number of hydrogen-bond donors (Lipinski definition) is 1. The van der Waals surface area contributed by atoms with Gasteiger partial charge in [0.15, 0.2) is 0 Å². The van der Waals surface area contributed by atoms with Gasteiger partial charge in [-0.05, 0) is 30.5 Å². The molecule has 128 valence electrons. The lowest BCUT2D eigenvalue weighted by Gasteiger charge is -2.21. The maximum Gasteiger partial charge on any atom is 0.321 e. The fraction of sp³-hybridized carbons (Fsp3) is 0.588. The molecule has 1 aliphatic heterocycles. The molecule has 1 aliphatic rings. The van der Waals surface area contributed by atoms with Gasteiger partial charge in [-0.3, -0.25) is 4.21 Å². The molecule has 1 saturated heterocycles. The lowest BCUT2D eigenvalue weighted by molar-refractivity contribution is 0.214. The predicted molar refractivity (Wildman–Crippen MR) is 94.1 cm³/mol. The smallest absolute Gasteiger partial charge is 0.321 e. The summed E-state index contributed by atoms with van der Waals surface area (Å²) in [6, 6.07) is 7.56. The van der Waals surface area contributed by atoms with Crippen LogP contribution in [0.25, 0.3) is 0 Å². The third kappa shape index (κ3) is 6.31. The van der Waals surface area contributed by atoms with Crippen LogP contribution in [0.1, 0.15) is 31.2 Å². The van der Waals surface area contributed by atoms with Gasteiger partial charge >= 0.3 is 6.03 Å². The average Bonchev–Trinajstić information content (AvgIpc) is 2.82. The van der Waals surface area contributed by atoms with E-state index in [-0.39, 0.29) is 6.03 Å². The summed E-state index contributed by atoms with van der Waals surface area (Å²) in [5.41, 5.74) is 1.73. The molecule has 1 heterocycles. The number of likely N-dealkylation sites (tertiary alicyclic amines) is 1. The number of nitrogens with one attached hydrogen (secondary N) is 1. The zero-order valence-electron chi connectivity index (χ0n) is 13.8. The van der Waals surface area contributed by atoms with Crippen molar-refractivity contribution in [3.8, 4) is 0 Å². The van der Waals surface area contributed by atoms with Crippen molar-refractivity contribution in [3.63, 3.8) is 0 Å². The van der Waals surface area contributed by atoms with Crippen LogP contribution >= 0.6 is 0 Å². The summed E-state index contributed by atoms with van der Waals surface area (Å²) in [4.78, 5) is 14.2. The van der Waals surface area contributed by atoms with E-state index >= 15 is 0 Å². The summed E-state index contributed by atoms with van der Waals surface area (Å²) >= 11 is 0. The largest absolute Gasteiger partial charge is 0.384 e. The van der Waals surface area contributed by atoms with E-state index in [9.17, 15) is 9.00 Å². The molecule has 1 N–H and O–H groups in total. The minimum atomic E-state index is -0.947. The summed E-state index contributed by atoms with van der Waals surface area (Å²) in [7, 11) is 0.661. The van der Waals surface area contributed by atoms with Gasteiger partial charge in [-0.15, -0.1) is 0 Å². The number of methoxy groups -OCH3 is 1. The highest BCUT2D eigenvalue weighted by Crippen LogP contribution is 2.15. The molecular formula is C17H26N2O3S. The quantitative estimate of drug-likeness (QED) is 0.867. The number of hydrogen-bond acceptors (Lipinski definition) is 3. The number of ether oxygens (including phenoxy) is 1. The number of carbonyl (C=O) groups is 1. The van der Waals surface area contributed by atoms with Crippen LogP contribution in [0.5, 0.6) is 0 Å². The average molecular weight is 338 g/mol. The van der Waals surface area contributed by atoms with Crippen LogP contribution in [-0.2, 0) is 21.3 Å². The molecule has 0 saturated carbocycles. The van der Waals surface area contributed by atoms with Gasteiger partial charge in [0.25, 0.3) is 0 Å². The number of amides is 2. The van der Waals surface area contributed by atoms with Crippen LogP contribution in [0.4, 0.5) is 10.5 Å². The topological polar surface area (TPSA) is 58.6 Å². The first-order valence-corrected chi connectivity index (χ1v) is 9.66. The third-order valence-electron chi connectivity index (χ3n) is 3.91. The van der Waals surface area contributed by atoms with Crippen molar-refractivity contribution in [1.29, 1.82) is 0 Å². The molecule has 1 aromatic rings. The van der Waals surface area contributed by atoms with E-state index in [0.29, 0.717) is 18.1 Å². The summed E-state index contributed by atoms with van der Waals surface area (Å²) in [6.07, 6.45) is 4.55. The molecule has 6 heteroatoms. The molecule has 1 fully saturated rings. The van der Waals surface area contributed by atoms with E-state index < -0.39 is 10.8 Å². The van der Waals surface area contributed by atoms with Gasteiger partial charge in [0.2, 0.25) is 0 Å². The minimum Gasteiger partial charge on any atom is -0.384 e. The Morgan fingerprint density at radius 3 is 2.70 bits per heavy atom. The van der Waals surface area contributed by atoms with Gasteiger partial charge in [-0.25, -0.2) is 4.79 Å². The Kier molecular flexibility index (Phi) is 7.55. The molecule has 1 aromatic carbocycles. The minimum absolute atomic E-state index is 0.0374. The molecule has 0 spiro atoms. The SMILES string of the molecule is COCC[S@@](=O)Cc1cccc(NC(=O)N2CCCCCC2)c1. The van der Waals surface area contributed by atoms with Gasteiger partial charge in [-0.1, -0.05) is 25.0 Å². The molecule has 0 aliphatic carbocycles. The van der Waals surface area contributed by atoms with Gasteiger partial charge in [0, 0.05) is 48.2 Å². The molecule has 0 bridgehead atoms. The zero-order valence-corrected chi connectivity index (χ0v) is 14.6. The molecule has 5 nitrogen and oxygen atoms in total. The van der Waals surface area contributed by atoms with Crippen LogP contribution in [-0.4, -0.2) is 47.7 Å². The lowest BCUT2D eigenvalue weighted by atomic mass is 10.2. The van der Waals surface area contributed by atoms with E-state index in [1.165, 1.54) is 12.8 Å². The summed E-state index contributed by atoms with van der Waals surface area (Å²) in [5.74, 6) is 1.01. The normalized spacial score (nSPS) is 16.7. The van der Waals surface area contributed by atoms with Crippen molar-refractivity contribution in [1.82, 2.24) is 4.90 Å². The van der Waals surface area contributed by atoms with Crippen molar-refractivity contribution in [3.05, 3.63) is 29.8 Å². The Morgan fingerprint density at radius 2 is 2.00 bits per heavy atom. The van der Waals surface area contributed by atoms with Crippen molar-refractivity contribution in [2.24, 2.45) is 0 Å². The van der Waals surface area contributed by atoms with Crippen LogP contribution in [0.2, 0.25) is 0 Å². The first kappa shape index (κ1) is 17.9. The summed E-state index contributed by atoms with van der Waals surface area (Å²) in [6.45, 7) is 2.15. The van der Waals surface area contributed by atoms with Crippen LogP contribution in [0.3, 0.4) is 0 Å². The molecule has 2 rings (SSSR count). The standard InChI is InChI=1S/C17H26N2O3S/c1-22-11-12-23(21)14-15-7-6-8-16(13-15)18-17(20)19-9-4-2-3-5-10-19/h6-8,13H,2-5,9-12,14H2,1H3,(H,18,20)/t23-/m1/s1. The number of anilines is 1. The van der Waals surface area contributed by atoms with E-state index in [2.05, 4.69) is 5.32 Å². The van der Waals surface area contributed by atoms with Crippen LogP contribution < -0.4 is 5.32 Å². The molecule has 0 radical (unpaired) electrons. The molecule has 1 atom stereocenters.